The van der Waals surface area contributed by atoms with Crippen LogP contribution >= 0.6 is 12.4 Å². The van der Waals surface area contributed by atoms with Gasteiger partial charge < -0.3 is 10.1 Å². The maximum Gasteiger partial charge on any atom is 0.243 e. The van der Waals surface area contributed by atoms with Gasteiger partial charge in [0, 0.05) is 25.2 Å². The van der Waals surface area contributed by atoms with Crippen LogP contribution < -0.4 is 10.1 Å². The summed E-state index contributed by atoms with van der Waals surface area (Å²) in [5.41, 5.74) is 0. The highest BCUT2D eigenvalue weighted by molar-refractivity contribution is 7.89. The van der Waals surface area contributed by atoms with E-state index >= 15 is 0 Å². The molecule has 0 spiro atoms. The molecule has 1 aromatic carbocycles. The van der Waals surface area contributed by atoms with Gasteiger partial charge in [0.25, 0.3) is 0 Å². The molecule has 1 aliphatic rings. The minimum absolute atomic E-state index is 0. The molecule has 0 aromatic heterocycles. The zero-order valence-corrected chi connectivity index (χ0v) is 14.9. The van der Waals surface area contributed by atoms with Crippen molar-refractivity contribution in [3.63, 3.8) is 0 Å². The van der Waals surface area contributed by atoms with Gasteiger partial charge in [-0.05, 0) is 44.5 Å². The van der Waals surface area contributed by atoms with E-state index in [9.17, 15) is 8.42 Å². The molecular formula is C15H25ClN2O3S. The van der Waals surface area contributed by atoms with Gasteiger partial charge in [0.1, 0.15) is 5.75 Å². The monoisotopic (exact) mass is 348 g/mol. The van der Waals surface area contributed by atoms with Crippen LogP contribution in [0.25, 0.3) is 0 Å². The Labute approximate surface area is 139 Å². The lowest BCUT2D eigenvalue weighted by Gasteiger charge is -2.35. The highest BCUT2D eigenvalue weighted by atomic mass is 35.5. The van der Waals surface area contributed by atoms with Crippen molar-refractivity contribution in [1.82, 2.24) is 9.62 Å². The topological polar surface area (TPSA) is 58.6 Å². The van der Waals surface area contributed by atoms with Gasteiger partial charge >= 0.3 is 0 Å². The maximum absolute atomic E-state index is 12.7. The summed E-state index contributed by atoms with van der Waals surface area (Å²) >= 11 is 0. The predicted molar refractivity (Wildman–Crippen MR) is 90.3 cm³/mol. The Morgan fingerprint density at radius 2 is 1.73 bits per heavy atom. The van der Waals surface area contributed by atoms with Crippen LogP contribution in [-0.4, -0.2) is 44.5 Å². The van der Waals surface area contributed by atoms with Crippen molar-refractivity contribution < 1.29 is 13.2 Å². The largest absolute Gasteiger partial charge is 0.494 e. The fraction of sp³-hybridized carbons (Fsp3) is 0.600. The van der Waals surface area contributed by atoms with Gasteiger partial charge in [-0.2, -0.15) is 4.31 Å². The first kappa shape index (κ1) is 19.2. The van der Waals surface area contributed by atoms with Crippen molar-refractivity contribution in [2.24, 2.45) is 0 Å². The van der Waals surface area contributed by atoms with Crippen LogP contribution in [0, 0.1) is 0 Å². The molecule has 126 valence electrons. The van der Waals surface area contributed by atoms with E-state index in [1.807, 2.05) is 20.8 Å². The van der Waals surface area contributed by atoms with Crippen LogP contribution in [0.1, 0.15) is 27.2 Å². The molecule has 0 saturated carbocycles. The van der Waals surface area contributed by atoms with E-state index in [-0.39, 0.29) is 24.5 Å². The molecule has 1 aliphatic heterocycles. The van der Waals surface area contributed by atoms with Gasteiger partial charge in [-0.3, -0.25) is 0 Å². The summed E-state index contributed by atoms with van der Waals surface area (Å²) in [7, 11) is -3.43. The number of rotatable bonds is 5. The normalized spacial score (nSPS) is 22.9. The number of halogens is 1. The van der Waals surface area contributed by atoms with E-state index < -0.39 is 10.0 Å². The predicted octanol–water partition coefficient (Wildman–Crippen LogP) is 2.27. The van der Waals surface area contributed by atoms with Gasteiger partial charge in [-0.15, -0.1) is 12.4 Å². The Kier molecular flexibility index (Phi) is 7.12. The highest BCUT2D eigenvalue weighted by Gasteiger charge is 2.31. The van der Waals surface area contributed by atoms with E-state index in [1.54, 1.807) is 28.6 Å². The molecule has 1 N–H and O–H groups in total. The highest BCUT2D eigenvalue weighted by Crippen LogP contribution is 2.21. The summed E-state index contributed by atoms with van der Waals surface area (Å²) in [4.78, 5) is 0.327. The molecule has 0 aliphatic carbocycles. The van der Waals surface area contributed by atoms with Gasteiger partial charge in [-0.1, -0.05) is 6.92 Å². The fourth-order valence-electron chi connectivity index (χ4n) is 2.55. The SMILES string of the molecule is CCCOc1ccc(S(=O)(=O)N2CC(C)NC(C)C2)cc1.Cl. The minimum Gasteiger partial charge on any atom is -0.494 e. The van der Waals surface area contributed by atoms with Crippen molar-refractivity contribution in [3.8, 4) is 5.75 Å². The maximum atomic E-state index is 12.7. The second kappa shape index (κ2) is 8.15. The van der Waals surface area contributed by atoms with Gasteiger partial charge in [0.05, 0.1) is 11.5 Å². The molecule has 2 unspecified atom stereocenters. The number of nitrogens with one attached hydrogen (secondary N) is 1. The molecule has 0 radical (unpaired) electrons. The van der Waals surface area contributed by atoms with Crippen molar-refractivity contribution >= 4 is 22.4 Å². The second-order valence-corrected chi connectivity index (χ2v) is 7.55. The lowest BCUT2D eigenvalue weighted by molar-refractivity contribution is 0.263. The molecule has 22 heavy (non-hydrogen) atoms. The first-order valence-electron chi connectivity index (χ1n) is 7.42. The summed E-state index contributed by atoms with van der Waals surface area (Å²) in [6, 6.07) is 7.01. The number of piperazine rings is 1. The lowest BCUT2D eigenvalue weighted by Crippen LogP contribution is -2.55. The van der Waals surface area contributed by atoms with Crippen LogP contribution in [0.15, 0.2) is 29.2 Å². The molecule has 0 amide bonds. The standard InChI is InChI=1S/C15H24N2O3S.ClH/c1-4-9-20-14-5-7-15(8-6-14)21(18,19)17-10-12(2)16-13(3)11-17;/h5-8,12-13,16H,4,9-11H2,1-3H3;1H. The molecule has 2 rings (SSSR count). The molecule has 0 bridgehead atoms. The average Bonchev–Trinajstić information content (AvgIpc) is 2.44. The third kappa shape index (κ3) is 4.59. The summed E-state index contributed by atoms with van der Waals surface area (Å²) in [6.45, 7) is 7.67. The van der Waals surface area contributed by atoms with Crippen LogP contribution in [0.3, 0.4) is 0 Å². The molecule has 7 heteroatoms. The molecule has 2 atom stereocenters. The zero-order valence-electron chi connectivity index (χ0n) is 13.3. The van der Waals surface area contributed by atoms with Crippen LogP contribution in [0.2, 0.25) is 0 Å². The quantitative estimate of drug-likeness (QED) is 0.886. The number of hydrogen-bond acceptors (Lipinski definition) is 4. The van der Waals surface area contributed by atoms with Gasteiger partial charge in [0.2, 0.25) is 10.0 Å². The Hall–Kier alpha value is -0.820. The van der Waals surface area contributed by atoms with Crippen LogP contribution in [0.4, 0.5) is 0 Å². The molecule has 1 saturated heterocycles. The molecule has 1 aromatic rings. The Bertz CT molecular complexity index is 553. The van der Waals surface area contributed by atoms with Crippen molar-refractivity contribution in [2.75, 3.05) is 19.7 Å². The summed E-state index contributed by atoms with van der Waals surface area (Å²) in [5, 5.41) is 3.34. The molecular weight excluding hydrogens is 324 g/mol. The number of ether oxygens (including phenoxy) is 1. The Morgan fingerprint density at radius 1 is 1.18 bits per heavy atom. The number of sulfonamides is 1. The zero-order chi connectivity index (χ0) is 15.5. The Morgan fingerprint density at radius 3 is 2.23 bits per heavy atom. The first-order valence-corrected chi connectivity index (χ1v) is 8.86. The van der Waals surface area contributed by atoms with Crippen molar-refractivity contribution in [1.29, 1.82) is 0 Å². The Balaban J connectivity index is 0.00000242. The second-order valence-electron chi connectivity index (χ2n) is 5.61. The molecule has 1 heterocycles. The molecule has 1 fully saturated rings. The van der Waals surface area contributed by atoms with Gasteiger partial charge in [-0.25, -0.2) is 8.42 Å². The van der Waals surface area contributed by atoms with Crippen molar-refractivity contribution in [3.05, 3.63) is 24.3 Å². The molecule has 5 nitrogen and oxygen atoms in total. The van der Waals surface area contributed by atoms with E-state index in [2.05, 4.69) is 5.32 Å². The number of benzene rings is 1. The fourth-order valence-corrected chi connectivity index (χ4v) is 4.17. The number of hydrogen-bond donors (Lipinski definition) is 1. The van der Waals surface area contributed by atoms with Crippen LogP contribution in [-0.2, 0) is 10.0 Å². The third-order valence-electron chi connectivity index (χ3n) is 3.46. The third-order valence-corrected chi connectivity index (χ3v) is 5.30. The lowest BCUT2D eigenvalue weighted by atomic mass is 10.2. The summed E-state index contributed by atoms with van der Waals surface area (Å²) in [6.07, 6.45) is 0.927. The van der Waals surface area contributed by atoms with Gasteiger partial charge in [0.15, 0.2) is 0 Å². The average molecular weight is 349 g/mol. The van der Waals surface area contributed by atoms with Crippen molar-refractivity contribution in [2.45, 2.75) is 44.2 Å². The van der Waals surface area contributed by atoms with E-state index in [0.29, 0.717) is 30.3 Å². The van der Waals surface area contributed by atoms with E-state index in [4.69, 9.17) is 4.74 Å². The summed E-state index contributed by atoms with van der Waals surface area (Å²) < 4.78 is 32.4. The number of nitrogens with zero attached hydrogens (tertiary/aromatic N) is 1. The van der Waals surface area contributed by atoms with E-state index in [0.717, 1.165) is 6.42 Å². The minimum atomic E-state index is -3.43. The van der Waals surface area contributed by atoms with Crippen LogP contribution in [0.5, 0.6) is 5.75 Å². The first-order chi connectivity index (χ1) is 9.93. The smallest absolute Gasteiger partial charge is 0.243 e. The summed E-state index contributed by atoms with van der Waals surface area (Å²) in [5.74, 6) is 0.706. The van der Waals surface area contributed by atoms with E-state index in [1.165, 1.54) is 0 Å².